The second-order valence-electron chi connectivity index (χ2n) is 4.42. The summed E-state index contributed by atoms with van der Waals surface area (Å²) in [4.78, 5) is 0. The zero-order chi connectivity index (χ0) is 15.5. The first-order valence-corrected chi connectivity index (χ1v) is 6.57. The largest absolute Gasteiger partial charge is 0.573 e. The quantitative estimate of drug-likeness (QED) is 0.841. The van der Waals surface area contributed by atoms with E-state index in [-0.39, 0.29) is 12.3 Å². The van der Waals surface area contributed by atoms with Crippen molar-refractivity contribution in [2.24, 2.45) is 0 Å². The summed E-state index contributed by atoms with van der Waals surface area (Å²) in [6.45, 7) is 2.04. The molecule has 0 radical (unpaired) electrons. The maximum absolute atomic E-state index is 12.3. The van der Waals surface area contributed by atoms with Gasteiger partial charge in [0.2, 0.25) is 0 Å². The van der Waals surface area contributed by atoms with Crippen LogP contribution in [0.5, 0.6) is 5.75 Å². The molecule has 0 aliphatic heterocycles. The molecule has 1 N–H and O–H groups in total. The summed E-state index contributed by atoms with van der Waals surface area (Å²) in [5.74, 6) is -0.211. The van der Waals surface area contributed by atoms with Crippen molar-refractivity contribution in [3.63, 3.8) is 0 Å². The molecule has 0 saturated heterocycles. The van der Waals surface area contributed by atoms with E-state index in [0.29, 0.717) is 10.6 Å². The summed E-state index contributed by atoms with van der Waals surface area (Å²) in [6, 6.07) is 11.4. The van der Waals surface area contributed by atoms with Crippen LogP contribution in [0.2, 0.25) is 5.02 Å². The molecule has 0 spiro atoms. The van der Waals surface area contributed by atoms with Gasteiger partial charge >= 0.3 is 6.36 Å². The van der Waals surface area contributed by atoms with E-state index >= 15 is 0 Å². The van der Waals surface area contributed by atoms with Gasteiger partial charge in [-0.05, 0) is 30.7 Å². The normalized spacial score (nSPS) is 11.3. The fourth-order valence-electron chi connectivity index (χ4n) is 1.86. The van der Waals surface area contributed by atoms with Crippen LogP contribution in [-0.4, -0.2) is 6.36 Å². The first-order valence-electron chi connectivity index (χ1n) is 6.19. The van der Waals surface area contributed by atoms with Crippen molar-refractivity contribution in [2.75, 3.05) is 5.32 Å². The average molecular weight is 316 g/mol. The minimum Gasteiger partial charge on any atom is -0.405 e. The molecule has 0 fully saturated rings. The zero-order valence-electron chi connectivity index (χ0n) is 11.2. The second-order valence-corrected chi connectivity index (χ2v) is 4.83. The van der Waals surface area contributed by atoms with Crippen LogP contribution in [0.4, 0.5) is 18.9 Å². The van der Waals surface area contributed by atoms with Crippen molar-refractivity contribution in [3.05, 3.63) is 58.6 Å². The van der Waals surface area contributed by atoms with Crippen LogP contribution in [-0.2, 0) is 6.54 Å². The molecule has 2 aromatic rings. The Bertz CT molecular complexity index is 629. The summed E-state index contributed by atoms with van der Waals surface area (Å²) < 4.78 is 41.0. The maximum Gasteiger partial charge on any atom is 0.573 e. The fourth-order valence-corrected chi connectivity index (χ4v) is 2.04. The number of para-hydroxylation sites is 1. The SMILES string of the molecule is Cc1c(Cl)cccc1NCc1ccccc1OC(F)(F)F. The van der Waals surface area contributed by atoms with Gasteiger partial charge in [0.15, 0.2) is 0 Å². The molecule has 0 amide bonds. The smallest absolute Gasteiger partial charge is 0.405 e. The molecule has 0 atom stereocenters. The highest BCUT2D eigenvalue weighted by atomic mass is 35.5. The number of hydrogen-bond acceptors (Lipinski definition) is 2. The van der Waals surface area contributed by atoms with Gasteiger partial charge in [-0.1, -0.05) is 35.9 Å². The molecule has 6 heteroatoms. The van der Waals surface area contributed by atoms with Gasteiger partial charge in [0.25, 0.3) is 0 Å². The number of ether oxygens (including phenoxy) is 1. The molecule has 0 unspecified atom stereocenters. The molecule has 0 aliphatic rings. The molecule has 2 rings (SSSR count). The van der Waals surface area contributed by atoms with Gasteiger partial charge in [0, 0.05) is 22.8 Å². The second kappa shape index (κ2) is 6.26. The number of anilines is 1. The van der Waals surface area contributed by atoms with E-state index < -0.39 is 6.36 Å². The molecule has 0 aromatic heterocycles. The van der Waals surface area contributed by atoms with Crippen LogP contribution in [0.3, 0.4) is 0 Å². The predicted octanol–water partition coefficient (Wildman–Crippen LogP) is 5.16. The van der Waals surface area contributed by atoms with Gasteiger partial charge in [0.1, 0.15) is 5.75 Å². The van der Waals surface area contributed by atoms with Gasteiger partial charge in [-0.15, -0.1) is 13.2 Å². The number of benzene rings is 2. The molecule has 0 saturated carbocycles. The van der Waals surface area contributed by atoms with Crippen LogP contribution >= 0.6 is 11.6 Å². The topological polar surface area (TPSA) is 21.3 Å². The van der Waals surface area contributed by atoms with Crippen molar-refractivity contribution < 1.29 is 17.9 Å². The van der Waals surface area contributed by atoms with E-state index in [0.717, 1.165) is 11.3 Å². The highest BCUT2D eigenvalue weighted by Crippen LogP contribution is 2.28. The number of hydrogen-bond donors (Lipinski definition) is 1. The molecule has 112 valence electrons. The van der Waals surface area contributed by atoms with Crippen molar-refractivity contribution in [3.8, 4) is 5.75 Å². The lowest BCUT2D eigenvalue weighted by molar-refractivity contribution is -0.274. The Morgan fingerprint density at radius 3 is 2.52 bits per heavy atom. The lowest BCUT2D eigenvalue weighted by atomic mass is 10.1. The molecular weight excluding hydrogens is 303 g/mol. The molecule has 0 heterocycles. The van der Waals surface area contributed by atoms with E-state index in [4.69, 9.17) is 11.6 Å². The molecule has 2 nitrogen and oxygen atoms in total. The highest BCUT2D eigenvalue weighted by molar-refractivity contribution is 6.31. The number of nitrogens with one attached hydrogen (secondary N) is 1. The summed E-state index contributed by atoms with van der Waals surface area (Å²) in [5.41, 5.74) is 2.02. The summed E-state index contributed by atoms with van der Waals surface area (Å²) in [6.07, 6.45) is -4.71. The minimum atomic E-state index is -4.71. The Hall–Kier alpha value is -1.88. The monoisotopic (exact) mass is 315 g/mol. The van der Waals surface area contributed by atoms with E-state index in [1.54, 1.807) is 24.3 Å². The third kappa shape index (κ3) is 4.29. The van der Waals surface area contributed by atoms with Gasteiger partial charge in [-0.3, -0.25) is 0 Å². The van der Waals surface area contributed by atoms with Gasteiger partial charge in [-0.2, -0.15) is 0 Å². The minimum absolute atomic E-state index is 0.202. The predicted molar refractivity (Wildman–Crippen MR) is 76.6 cm³/mol. The van der Waals surface area contributed by atoms with Crippen molar-refractivity contribution in [1.82, 2.24) is 0 Å². The Balaban J connectivity index is 2.15. The molecular formula is C15H13ClF3NO. The molecule has 0 bridgehead atoms. The Labute approximate surface area is 125 Å². The third-order valence-corrected chi connectivity index (χ3v) is 3.34. The van der Waals surface area contributed by atoms with E-state index in [9.17, 15) is 13.2 Å². The summed E-state index contributed by atoms with van der Waals surface area (Å²) in [7, 11) is 0. The fraction of sp³-hybridized carbons (Fsp3) is 0.200. The summed E-state index contributed by atoms with van der Waals surface area (Å²) >= 11 is 6.00. The van der Waals surface area contributed by atoms with Crippen LogP contribution in [0, 0.1) is 6.92 Å². The van der Waals surface area contributed by atoms with Gasteiger partial charge in [0.05, 0.1) is 0 Å². The Morgan fingerprint density at radius 2 is 1.81 bits per heavy atom. The Morgan fingerprint density at radius 1 is 1.10 bits per heavy atom. The number of alkyl halides is 3. The average Bonchev–Trinajstić information content (AvgIpc) is 2.40. The van der Waals surface area contributed by atoms with E-state index in [1.165, 1.54) is 12.1 Å². The van der Waals surface area contributed by atoms with Crippen molar-refractivity contribution >= 4 is 17.3 Å². The zero-order valence-corrected chi connectivity index (χ0v) is 11.9. The van der Waals surface area contributed by atoms with Crippen molar-refractivity contribution in [1.29, 1.82) is 0 Å². The number of halogens is 4. The maximum atomic E-state index is 12.3. The number of rotatable bonds is 4. The van der Waals surface area contributed by atoms with Gasteiger partial charge < -0.3 is 10.1 Å². The Kier molecular flexibility index (Phi) is 4.63. The van der Waals surface area contributed by atoms with E-state index in [2.05, 4.69) is 10.1 Å². The molecule has 2 aromatic carbocycles. The van der Waals surface area contributed by atoms with Crippen LogP contribution in [0.15, 0.2) is 42.5 Å². The van der Waals surface area contributed by atoms with Crippen molar-refractivity contribution in [2.45, 2.75) is 19.8 Å². The standard InChI is InChI=1S/C15H13ClF3NO/c1-10-12(16)6-4-7-13(10)20-9-11-5-2-3-8-14(11)21-15(17,18)19/h2-8,20H,9H2,1H3. The van der Waals surface area contributed by atoms with E-state index in [1.807, 2.05) is 13.0 Å². The molecule has 0 aliphatic carbocycles. The van der Waals surface area contributed by atoms with Gasteiger partial charge in [-0.25, -0.2) is 0 Å². The van der Waals surface area contributed by atoms with Crippen LogP contribution in [0.1, 0.15) is 11.1 Å². The highest BCUT2D eigenvalue weighted by Gasteiger charge is 2.31. The van der Waals surface area contributed by atoms with Crippen LogP contribution < -0.4 is 10.1 Å². The first kappa shape index (κ1) is 15.5. The lowest BCUT2D eigenvalue weighted by Gasteiger charge is -2.15. The third-order valence-electron chi connectivity index (χ3n) is 2.94. The van der Waals surface area contributed by atoms with Crippen LogP contribution in [0.25, 0.3) is 0 Å². The first-order chi connectivity index (χ1) is 9.87. The molecule has 21 heavy (non-hydrogen) atoms. The summed E-state index contributed by atoms with van der Waals surface area (Å²) in [5, 5.41) is 3.66. The lowest BCUT2D eigenvalue weighted by Crippen LogP contribution is -2.18.